The topological polar surface area (TPSA) is 0 Å². The van der Waals surface area contributed by atoms with Gasteiger partial charge in [0.15, 0.2) is 0 Å². The first-order valence-electron chi connectivity index (χ1n) is 3.64. The van der Waals surface area contributed by atoms with E-state index in [1.165, 1.54) is 11.8 Å². The molecule has 0 unspecified atom stereocenters. The average molecular weight is 107 g/mol. The van der Waals surface area contributed by atoms with Gasteiger partial charge in [0, 0.05) is 4.11 Å². The molecule has 0 aromatic carbocycles. The van der Waals surface area contributed by atoms with Crippen LogP contribution in [-0.4, -0.2) is 11.5 Å². The smallest absolute Gasteiger partial charge is 0.0239 e. The normalized spacial score (nSPS) is 18.5. The highest BCUT2D eigenvalue weighted by Gasteiger charge is 1.74. The molecule has 0 rings (SSSR count). The van der Waals surface area contributed by atoms with Gasteiger partial charge in [-0.1, -0.05) is 13.8 Å². The standard InChI is InChI=1S/C5H12S/c1-3-5-6-4-2/h3-5H2,1-2H3/i2D3. The molecule has 38 valence electrons. The predicted octanol–water partition coefficient (Wildman–Crippen LogP) is 2.15. The van der Waals surface area contributed by atoms with Crippen LogP contribution in [0, 0.1) is 0 Å². The van der Waals surface area contributed by atoms with Crippen molar-refractivity contribution in [3.63, 3.8) is 0 Å². The third-order valence-corrected chi connectivity index (χ3v) is 1.35. The molecule has 0 aromatic rings. The number of rotatable bonds is 3. The first kappa shape index (κ1) is 2.61. The summed E-state index contributed by atoms with van der Waals surface area (Å²) in [5.74, 6) is 1.25. The lowest BCUT2D eigenvalue weighted by atomic mass is 10.6. The molecule has 0 aliphatic heterocycles. The zero-order valence-electron chi connectivity index (χ0n) is 7.03. The summed E-state index contributed by atoms with van der Waals surface area (Å²) in [5, 5.41) is 0. The zero-order valence-corrected chi connectivity index (χ0v) is 4.85. The summed E-state index contributed by atoms with van der Waals surface area (Å²) in [6, 6.07) is 0. The van der Waals surface area contributed by atoms with Gasteiger partial charge < -0.3 is 0 Å². The first-order valence-corrected chi connectivity index (χ1v) is 3.29. The van der Waals surface area contributed by atoms with Crippen LogP contribution in [0.5, 0.6) is 0 Å². The molecule has 0 aromatic heterocycles. The third kappa shape index (κ3) is 4.35. The van der Waals surface area contributed by atoms with Gasteiger partial charge in [-0.05, 0) is 17.9 Å². The second-order valence-electron chi connectivity index (χ2n) is 1.05. The first-order chi connectivity index (χ1) is 4.06. The fourth-order valence-corrected chi connectivity index (χ4v) is 0.650. The van der Waals surface area contributed by atoms with E-state index in [0.717, 1.165) is 12.2 Å². The summed E-state index contributed by atoms with van der Waals surface area (Å²) in [6.45, 7) is 0.312. The second-order valence-corrected chi connectivity index (χ2v) is 2.16. The summed E-state index contributed by atoms with van der Waals surface area (Å²) in [5.41, 5.74) is 0. The summed E-state index contributed by atoms with van der Waals surface area (Å²) < 4.78 is 20.5. The highest BCUT2D eigenvalue weighted by Crippen LogP contribution is 1.98. The van der Waals surface area contributed by atoms with Crippen molar-refractivity contribution < 1.29 is 4.11 Å². The van der Waals surface area contributed by atoms with Crippen molar-refractivity contribution in [1.82, 2.24) is 0 Å². The van der Waals surface area contributed by atoms with Crippen molar-refractivity contribution in [3.8, 4) is 0 Å². The molecule has 0 saturated carbocycles. The van der Waals surface area contributed by atoms with Gasteiger partial charge in [-0.2, -0.15) is 11.8 Å². The van der Waals surface area contributed by atoms with Gasteiger partial charge in [-0.25, -0.2) is 0 Å². The lowest BCUT2D eigenvalue weighted by molar-refractivity contribution is 1.11. The Balaban J connectivity index is 3.07. The predicted molar refractivity (Wildman–Crippen MR) is 33.3 cm³/mol. The molecular formula is C5H12S. The Hall–Kier alpha value is 0.350. The van der Waals surface area contributed by atoms with E-state index >= 15 is 0 Å². The molecule has 0 heterocycles. The molecule has 0 N–H and O–H groups in total. The van der Waals surface area contributed by atoms with Gasteiger partial charge in [0.05, 0.1) is 0 Å². The van der Waals surface area contributed by atoms with E-state index in [1.54, 1.807) is 0 Å². The SMILES string of the molecule is [2H]C([2H])([2H])CSCCC. The molecule has 0 bridgehead atoms. The Morgan fingerprint density at radius 3 is 3.17 bits per heavy atom. The Kier molecular flexibility index (Phi) is 2.32. The van der Waals surface area contributed by atoms with Crippen molar-refractivity contribution in [2.24, 2.45) is 0 Å². The van der Waals surface area contributed by atoms with Crippen LogP contribution >= 0.6 is 11.8 Å². The van der Waals surface area contributed by atoms with Crippen LogP contribution in [0.25, 0.3) is 0 Å². The summed E-state index contributed by atoms with van der Waals surface area (Å²) in [4.78, 5) is 0. The van der Waals surface area contributed by atoms with E-state index in [2.05, 4.69) is 0 Å². The lowest BCUT2D eigenvalue weighted by Crippen LogP contribution is -1.71. The number of thioether (sulfide) groups is 1. The second kappa shape index (κ2) is 5.35. The van der Waals surface area contributed by atoms with Crippen LogP contribution in [0.4, 0.5) is 0 Å². The van der Waals surface area contributed by atoms with Crippen molar-refractivity contribution in [1.29, 1.82) is 0 Å². The molecule has 0 saturated heterocycles. The zero-order chi connectivity index (χ0) is 7.33. The minimum atomic E-state index is -1.74. The fourth-order valence-electron chi connectivity index (χ4n) is 0.217. The maximum Gasteiger partial charge on any atom is 0.0239 e. The van der Waals surface area contributed by atoms with Crippen LogP contribution in [0.1, 0.15) is 24.3 Å². The maximum absolute atomic E-state index is 6.82. The quantitative estimate of drug-likeness (QED) is 0.498. The number of hydrogen-bond acceptors (Lipinski definition) is 1. The Labute approximate surface area is 48.5 Å². The summed E-state index contributed by atoms with van der Waals surface area (Å²) >= 11 is 1.50. The van der Waals surface area contributed by atoms with Crippen LogP contribution in [0.15, 0.2) is 0 Å². The Morgan fingerprint density at radius 1 is 1.83 bits per heavy atom. The van der Waals surface area contributed by atoms with E-state index < -0.39 is 6.85 Å². The van der Waals surface area contributed by atoms with E-state index in [-0.39, 0.29) is 0 Å². The third-order valence-electron chi connectivity index (χ3n) is 0.451. The van der Waals surface area contributed by atoms with Gasteiger partial charge in [-0.3, -0.25) is 0 Å². The Bertz CT molecular complexity index is 69.1. The Morgan fingerprint density at radius 2 is 2.67 bits per heavy atom. The molecular weight excluding hydrogens is 92.1 g/mol. The molecule has 0 amide bonds. The molecule has 6 heavy (non-hydrogen) atoms. The van der Waals surface area contributed by atoms with Gasteiger partial charge in [0.2, 0.25) is 0 Å². The molecule has 0 aliphatic rings. The minimum Gasteiger partial charge on any atom is -0.162 e. The highest BCUT2D eigenvalue weighted by atomic mass is 32.2. The van der Waals surface area contributed by atoms with E-state index in [1.807, 2.05) is 6.92 Å². The number of hydrogen-bond donors (Lipinski definition) is 0. The largest absolute Gasteiger partial charge is 0.162 e. The average Bonchev–Trinajstić information content (AvgIpc) is 1.63. The van der Waals surface area contributed by atoms with Gasteiger partial charge in [0.25, 0.3) is 0 Å². The van der Waals surface area contributed by atoms with Gasteiger partial charge in [-0.15, -0.1) is 0 Å². The highest BCUT2D eigenvalue weighted by molar-refractivity contribution is 7.99. The van der Waals surface area contributed by atoms with Crippen LogP contribution in [0.2, 0.25) is 0 Å². The van der Waals surface area contributed by atoms with Crippen molar-refractivity contribution >= 4 is 11.8 Å². The molecule has 0 aliphatic carbocycles. The minimum absolute atomic E-state index is 0.292. The molecule has 1 heteroatoms. The van der Waals surface area contributed by atoms with Crippen molar-refractivity contribution in [2.45, 2.75) is 20.2 Å². The summed E-state index contributed by atoms with van der Waals surface area (Å²) in [6.07, 6.45) is 1.06. The van der Waals surface area contributed by atoms with E-state index in [9.17, 15) is 0 Å². The van der Waals surface area contributed by atoms with E-state index in [0.29, 0.717) is 5.75 Å². The van der Waals surface area contributed by atoms with Crippen molar-refractivity contribution in [3.05, 3.63) is 0 Å². The summed E-state index contributed by atoms with van der Waals surface area (Å²) in [7, 11) is 0. The van der Waals surface area contributed by atoms with Crippen molar-refractivity contribution in [2.75, 3.05) is 11.5 Å². The van der Waals surface area contributed by atoms with Crippen LogP contribution < -0.4 is 0 Å². The molecule has 0 radical (unpaired) electrons. The van der Waals surface area contributed by atoms with Gasteiger partial charge in [0.1, 0.15) is 0 Å². The lowest BCUT2D eigenvalue weighted by Gasteiger charge is -1.87. The molecule has 0 spiro atoms. The monoisotopic (exact) mass is 107 g/mol. The fraction of sp³-hybridized carbons (Fsp3) is 1.00. The molecule has 0 atom stereocenters. The van der Waals surface area contributed by atoms with E-state index in [4.69, 9.17) is 4.11 Å². The van der Waals surface area contributed by atoms with Crippen LogP contribution in [0.3, 0.4) is 0 Å². The molecule has 0 nitrogen and oxygen atoms in total. The van der Waals surface area contributed by atoms with Crippen LogP contribution in [-0.2, 0) is 0 Å². The maximum atomic E-state index is 6.82. The molecule has 0 fully saturated rings. The van der Waals surface area contributed by atoms with Gasteiger partial charge >= 0.3 is 0 Å².